The minimum Gasteiger partial charge on any atom is -0.397 e. The molecule has 2 N–H and O–H groups in total. The SMILES string of the molecule is Nc1ccc(SCC2CC2)nc1. The summed E-state index contributed by atoms with van der Waals surface area (Å²) in [6.07, 6.45) is 4.53. The van der Waals surface area contributed by atoms with Crippen LogP contribution >= 0.6 is 11.8 Å². The van der Waals surface area contributed by atoms with Crippen LogP contribution in [-0.2, 0) is 0 Å². The fraction of sp³-hybridized carbons (Fsp3) is 0.444. The van der Waals surface area contributed by atoms with Gasteiger partial charge in [-0.05, 0) is 30.9 Å². The van der Waals surface area contributed by atoms with Crippen molar-refractivity contribution < 1.29 is 0 Å². The molecule has 1 aliphatic carbocycles. The summed E-state index contributed by atoms with van der Waals surface area (Å²) in [5.41, 5.74) is 6.26. The van der Waals surface area contributed by atoms with E-state index in [-0.39, 0.29) is 0 Å². The molecule has 1 saturated carbocycles. The van der Waals surface area contributed by atoms with E-state index in [1.807, 2.05) is 23.9 Å². The Hall–Kier alpha value is -0.700. The van der Waals surface area contributed by atoms with Crippen LogP contribution in [0.3, 0.4) is 0 Å². The Balaban J connectivity index is 1.89. The Kier molecular flexibility index (Phi) is 2.21. The number of thioether (sulfide) groups is 1. The molecular weight excluding hydrogens is 168 g/mol. The lowest BCUT2D eigenvalue weighted by atomic mass is 10.4. The van der Waals surface area contributed by atoms with Crippen LogP contribution in [0.25, 0.3) is 0 Å². The molecule has 1 aliphatic rings. The minimum atomic E-state index is 0.741. The molecular formula is C9H12N2S. The van der Waals surface area contributed by atoms with E-state index in [1.165, 1.54) is 18.6 Å². The third-order valence-corrected chi connectivity index (χ3v) is 3.10. The Morgan fingerprint density at radius 2 is 2.33 bits per heavy atom. The number of anilines is 1. The molecule has 1 aromatic heterocycles. The highest BCUT2D eigenvalue weighted by atomic mass is 32.2. The molecule has 0 aliphatic heterocycles. The summed E-state index contributed by atoms with van der Waals surface area (Å²) in [5, 5.41) is 1.09. The molecule has 0 atom stereocenters. The van der Waals surface area contributed by atoms with Gasteiger partial charge < -0.3 is 5.73 Å². The lowest BCUT2D eigenvalue weighted by Crippen LogP contribution is -1.88. The van der Waals surface area contributed by atoms with Crippen LogP contribution in [0.5, 0.6) is 0 Å². The molecule has 0 bridgehead atoms. The maximum absolute atomic E-state index is 5.52. The molecule has 1 heterocycles. The maximum Gasteiger partial charge on any atom is 0.0961 e. The molecule has 64 valence electrons. The molecule has 0 unspecified atom stereocenters. The molecule has 0 amide bonds. The van der Waals surface area contributed by atoms with Gasteiger partial charge >= 0.3 is 0 Å². The van der Waals surface area contributed by atoms with E-state index in [2.05, 4.69) is 4.98 Å². The fourth-order valence-electron chi connectivity index (χ4n) is 0.965. The fourth-order valence-corrected chi connectivity index (χ4v) is 2.00. The van der Waals surface area contributed by atoms with Gasteiger partial charge in [0.25, 0.3) is 0 Å². The third kappa shape index (κ3) is 2.14. The van der Waals surface area contributed by atoms with Crippen molar-refractivity contribution in [1.29, 1.82) is 0 Å². The minimum absolute atomic E-state index is 0.741. The number of rotatable bonds is 3. The average Bonchev–Trinajstić information content (AvgIpc) is 2.87. The van der Waals surface area contributed by atoms with Gasteiger partial charge in [-0.25, -0.2) is 4.98 Å². The normalized spacial score (nSPS) is 16.3. The number of aromatic nitrogens is 1. The summed E-state index contributed by atoms with van der Waals surface area (Å²) >= 11 is 1.83. The van der Waals surface area contributed by atoms with Gasteiger partial charge in [0, 0.05) is 5.75 Å². The van der Waals surface area contributed by atoms with E-state index < -0.39 is 0 Å². The number of nitrogen functional groups attached to an aromatic ring is 1. The van der Waals surface area contributed by atoms with Gasteiger partial charge in [-0.15, -0.1) is 11.8 Å². The van der Waals surface area contributed by atoms with E-state index in [1.54, 1.807) is 6.20 Å². The molecule has 3 heteroatoms. The molecule has 1 fully saturated rings. The van der Waals surface area contributed by atoms with Crippen LogP contribution in [0.2, 0.25) is 0 Å². The first kappa shape index (κ1) is 7.92. The summed E-state index contributed by atoms with van der Waals surface area (Å²) in [6.45, 7) is 0. The van der Waals surface area contributed by atoms with Crippen molar-refractivity contribution in [2.24, 2.45) is 5.92 Å². The summed E-state index contributed by atoms with van der Waals surface area (Å²) in [7, 11) is 0. The summed E-state index contributed by atoms with van der Waals surface area (Å²) in [5.74, 6) is 2.17. The highest BCUT2D eigenvalue weighted by Crippen LogP contribution is 2.34. The van der Waals surface area contributed by atoms with E-state index in [0.717, 1.165) is 16.6 Å². The number of pyridine rings is 1. The third-order valence-electron chi connectivity index (χ3n) is 1.92. The van der Waals surface area contributed by atoms with Crippen LogP contribution in [-0.4, -0.2) is 10.7 Å². The second-order valence-electron chi connectivity index (χ2n) is 3.18. The van der Waals surface area contributed by atoms with Crippen LogP contribution in [0.15, 0.2) is 23.4 Å². The molecule has 1 aromatic rings. The van der Waals surface area contributed by atoms with Gasteiger partial charge in [0.15, 0.2) is 0 Å². The van der Waals surface area contributed by atoms with Crippen LogP contribution in [0, 0.1) is 5.92 Å². The number of hydrogen-bond donors (Lipinski definition) is 1. The van der Waals surface area contributed by atoms with Crippen molar-refractivity contribution in [1.82, 2.24) is 4.98 Å². The molecule has 0 spiro atoms. The molecule has 2 nitrogen and oxygen atoms in total. The quantitative estimate of drug-likeness (QED) is 0.724. The standard InChI is InChI=1S/C9H12N2S/c10-8-3-4-9(11-5-8)12-6-7-1-2-7/h3-5,7H,1-2,6,10H2. The monoisotopic (exact) mass is 180 g/mol. The second kappa shape index (κ2) is 3.35. The van der Waals surface area contributed by atoms with E-state index in [9.17, 15) is 0 Å². The van der Waals surface area contributed by atoms with E-state index >= 15 is 0 Å². The average molecular weight is 180 g/mol. The summed E-state index contributed by atoms with van der Waals surface area (Å²) in [6, 6.07) is 3.89. The first-order valence-corrected chi connectivity index (χ1v) is 5.17. The van der Waals surface area contributed by atoms with Gasteiger partial charge in [0.1, 0.15) is 0 Å². The zero-order valence-electron chi connectivity index (χ0n) is 6.86. The number of hydrogen-bond acceptors (Lipinski definition) is 3. The predicted octanol–water partition coefficient (Wildman–Crippen LogP) is 2.17. The van der Waals surface area contributed by atoms with Crippen molar-refractivity contribution >= 4 is 17.4 Å². The van der Waals surface area contributed by atoms with Gasteiger partial charge in [0.05, 0.1) is 16.9 Å². The lowest BCUT2D eigenvalue weighted by molar-refractivity contribution is 0.993. The first-order valence-electron chi connectivity index (χ1n) is 4.19. The van der Waals surface area contributed by atoms with Gasteiger partial charge in [-0.1, -0.05) is 0 Å². The molecule has 0 saturated heterocycles. The number of nitrogens with zero attached hydrogens (tertiary/aromatic N) is 1. The second-order valence-corrected chi connectivity index (χ2v) is 4.22. The zero-order valence-corrected chi connectivity index (χ0v) is 7.68. The van der Waals surface area contributed by atoms with Crippen molar-refractivity contribution in [2.45, 2.75) is 17.9 Å². The summed E-state index contributed by atoms with van der Waals surface area (Å²) < 4.78 is 0. The van der Waals surface area contributed by atoms with Crippen molar-refractivity contribution in [2.75, 3.05) is 11.5 Å². The Morgan fingerprint density at radius 3 is 2.92 bits per heavy atom. The Labute approximate surface area is 76.6 Å². The van der Waals surface area contributed by atoms with Gasteiger partial charge in [-0.2, -0.15) is 0 Å². The van der Waals surface area contributed by atoms with Crippen LogP contribution in [0.1, 0.15) is 12.8 Å². The van der Waals surface area contributed by atoms with Crippen molar-refractivity contribution in [3.05, 3.63) is 18.3 Å². The molecule has 2 rings (SSSR count). The van der Waals surface area contributed by atoms with Crippen molar-refractivity contribution in [3.8, 4) is 0 Å². The maximum atomic E-state index is 5.52. The molecule has 0 aromatic carbocycles. The van der Waals surface area contributed by atoms with Gasteiger partial charge in [0.2, 0.25) is 0 Å². The van der Waals surface area contributed by atoms with Crippen LogP contribution < -0.4 is 5.73 Å². The molecule has 0 radical (unpaired) electrons. The predicted molar refractivity (Wildman–Crippen MR) is 52.1 cm³/mol. The van der Waals surface area contributed by atoms with Crippen LogP contribution in [0.4, 0.5) is 5.69 Å². The van der Waals surface area contributed by atoms with Crippen molar-refractivity contribution in [3.63, 3.8) is 0 Å². The number of nitrogens with two attached hydrogens (primary N) is 1. The topological polar surface area (TPSA) is 38.9 Å². The largest absolute Gasteiger partial charge is 0.397 e. The lowest BCUT2D eigenvalue weighted by Gasteiger charge is -1.98. The Bertz CT molecular complexity index is 254. The highest BCUT2D eigenvalue weighted by molar-refractivity contribution is 7.99. The highest BCUT2D eigenvalue weighted by Gasteiger charge is 2.21. The zero-order chi connectivity index (χ0) is 8.39. The van der Waals surface area contributed by atoms with E-state index in [0.29, 0.717) is 0 Å². The Morgan fingerprint density at radius 1 is 1.50 bits per heavy atom. The van der Waals surface area contributed by atoms with Gasteiger partial charge in [-0.3, -0.25) is 0 Å². The van der Waals surface area contributed by atoms with E-state index in [4.69, 9.17) is 5.73 Å². The molecule has 12 heavy (non-hydrogen) atoms. The smallest absolute Gasteiger partial charge is 0.0961 e. The first-order chi connectivity index (χ1) is 5.84. The summed E-state index contributed by atoms with van der Waals surface area (Å²) in [4.78, 5) is 4.22.